The number of aryl methyl sites for hydroxylation is 2. The Morgan fingerprint density at radius 1 is 1.05 bits per heavy atom. The van der Waals surface area contributed by atoms with Crippen LogP contribution in [-0.2, 0) is 6.54 Å². The third-order valence-corrected chi connectivity index (χ3v) is 3.11. The molecule has 0 bridgehead atoms. The van der Waals surface area contributed by atoms with E-state index < -0.39 is 0 Å². The second-order valence-electron chi connectivity index (χ2n) is 4.62. The van der Waals surface area contributed by atoms with E-state index in [1.54, 1.807) is 20.1 Å². The Kier molecular flexibility index (Phi) is 4.05. The zero-order valence-electron chi connectivity index (χ0n) is 11.5. The van der Waals surface area contributed by atoms with E-state index in [9.17, 15) is 4.39 Å². The van der Waals surface area contributed by atoms with E-state index in [0.717, 1.165) is 22.6 Å². The fraction of sp³-hybridized carbons (Fsp3) is 0.250. The van der Waals surface area contributed by atoms with Gasteiger partial charge in [-0.05, 0) is 54.8 Å². The van der Waals surface area contributed by atoms with E-state index in [1.165, 1.54) is 6.07 Å². The second-order valence-corrected chi connectivity index (χ2v) is 4.62. The maximum atomic E-state index is 13.2. The van der Waals surface area contributed by atoms with Crippen LogP contribution in [0, 0.1) is 19.7 Å². The molecule has 2 rings (SSSR count). The summed E-state index contributed by atoms with van der Waals surface area (Å²) in [6.07, 6.45) is 0. The van der Waals surface area contributed by atoms with Crippen LogP contribution in [0.1, 0.15) is 16.7 Å². The summed E-state index contributed by atoms with van der Waals surface area (Å²) in [5, 5.41) is 3.32. The van der Waals surface area contributed by atoms with Crippen molar-refractivity contribution >= 4 is 5.69 Å². The predicted molar refractivity (Wildman–Crippen MR) is 76.2 cm³/mol. The van der Waals surface area contributed by atoms with Crippen LogP contribution in [0.3, 0.4) is 0 Å². The van der Waals surface area contributed by atoms with Gasteiger partial charge in [0.05, 0.1) is 7.11 Å². The lowest BCUT2D eigenvalue weighted by Crippen LogP contribution is -2.01. The molecule has 0 spiro atoms. The summed E-state index contributed by atoms with van der Waals surface area (Å²) in [5.74, 6) is 0.715. The van der Waals surface area contributed by atoms with Crippen molar-refractivity contribution in [1.29, 1.82) is 0 Å². The Morgan fingerprint density at radius 2 is 1.84 bits per heavy atom. The third kappa shape index (κ3) is 3.25. The highest BCUT2D eigenvalue weighted by atomic mass is 19.1. The number of ether oxygens (including phenoxy) is 1. The van der Waals surface area contributed by atoms with Gasteiger partial charge in [-0.15, -0.1) is 0 Å². The topological polar surface area (TPSA) is 21.3 Å². The molecule has 2 aromatic carbocycles. The summed E-state index contributed by atoms with van der Waals surface area (Å²) < 4.78 is 18.4. The van der Waals surface area contributed by atoms with Gasteiger partial charge in [0.25, 0.3) is 0 Å². The molecule has 0 fully saturated rings. The molecule has 0 saturated carbocycles. The normalized spacial score (nSPS) is 10.3. The number of anilines is 1. The number of hydrogen-bond donors (Lipinski definition) is 1. The fourth-order valence-corrected chi connectivity index (χ4v) is 2.01. The number of hydrogen-bond acceptors (Lipinski definition) is 2. The molecule has 100 valence electrons. The number of nitrogens with one attached hydrogen (secondary N) is 1. The first-order valence-electron chi connectivity index (χ1n) is 6.23. The monoisotopic (exact) mass is 259 g/mol. The van der Waals surface area contributed by atoms with Crippen molar-refractivity contribution in [2.24, 2.45) is 0 Å². The van der Waals surface area contributed by atoms with E-state index in [2.05, 4.69) is 5.32 Å². The fourth-order valence-electron chi connectivity index (χ4n) is 2.01. The van der Waals surface area contributed by atoms with Crippen LogP contribution in [0.5, 0.6) is 5.75 Å². The predicted octanol–water partition coefficient (Wildman–Crippen LogP) is 4.06. The zero-order valence-corrected chi connectivity index (χ0v) is 11.5. The minimum Gasteiger partial charge on any atom is -0.496 e. The molecular weight excluding hydrogens is 241 g/mol. The Hall–Kier alpha value is -2.03. The number of benzene rings is 2. The molecule has 2 aromatic rings. The molecule has 0 amide bonds. The summed E-state index contributed by atoms with van der Waals surface area (Å²) in [7, 11) is 1.66. The molecule has 0 unspecified atom stereocenters. The van der Waals surface area contributed by atoms with Gasteiger partial charge < -0.3 is 10.1 Å². The summed E-state index contributed by atoms with van der Waals surface area (Å²) in [5.41, 5.74) is 3.85. The van der Waals surface area contributed by atoms with Crippen LogP contribution in [0.15, 0.2) is 36.4 Å². The molecule has 2 nitrogen and oxygen atoms in total. The van der Waals surface area contributed by atoms with Gasteiger partial charge in [-0.3, -0.25) is 0 Å². The van der Waals surface area contributed by atoms with Gasteiger partial charge >= 0.3 is 0 Å². The SMILES string of the molecule is COc1ccc(NCc2ccc(F)c(C)c2)cc1C. The third-order valence-electron chi connectivity index (χ3n) is 3.11. The lowest BCUT2D eigenvalue weighted by atomic mass is 10.1. The van der Waals surface area contributed by atoms with Crippen molar-refractivity contribution in [1.82, 2.24) is 0 Å². The summed E-state index contributed by atoms with van der Waals surface area (Å²) in [6.45, 7) is 4.45. The molecule has 0 aliphatic heterocycles. The molecule has 3 heteroatoms. The van der Waals surface area contributed by atoms with Crippen molar-refractivity contribution in [3.8, 4) is 5.75 Å². The smallest absolute Gasteiger partial charge is 0.126 e. The first-order chi connectivity index (χ1) is 9.10. The van der Waals surface area contributed by atoms with Gasteiger partial charge in [-0.1, -0.05) is 12.1 Å². The van der Waals surface area contributed by atoms with Crippen molar-refractivity contribution < 1.29 is 9.13 Å². The number of rotatable bonds is 4. The summed E-state index contributed by atoms with van der Waals surface area (Å²) >= 11 is 0. The Labute approximate surface area is 113 Å². The number of halogens is 1. The quantitative estimate of drug-likeness (QED) is 0.894. The van der Waals surface area contributed by atoms with Gasteiger partial charge in [0.1, 0.15) is 11.6 Å². The highest BCUT2D eigenvalue weighted by Crippen LogP contribution is 2.22. The van der Waals surface area contributed by atoms with E-state index in [-0.39, 0.29) is 5.82 Å². The zero-order chi connectivity index (χ0) is 13.8. The molecule has 0 atom stereocenters. The highest BCUT2D eigenvalue weighted by Gasteiger charge is 2.01. The minimum atomic E-state index is -0.163. The summed E-state index contributed by atoms with van der Waals surface area (Å²) in [4.78, 5) is 0. The molecule has 0 aromatic heterocycles. The molecule has 1 N–H and O–H groups in total. The van der Waals surface area contributed by atoms with E-state index in [4.69, 9.17) is 4.74 Å². The van der Waals surface area contributed by atoms with Crippen LogP contribution in [-0.4, -0.2) is 7.11 Å². The van der Waals surface area contributed by atoms with Gasteiger partial charge in [0, 0.05) is 12.2 Å². The van der Waals surface area contributed by atoms with E-state index in [0.29, 0.717) is 12.1 Å². The van der Waals surface area contributed by atoms with Gasteiger partial charge in [0.15, 0.2) is 0 Å². The van der Waals surface area contributed by atoms with Crippen molar-refractivity contribution in [2.45, 2.75) is 20.4 Å². The van der Waals surface area contributed by atoms with E-state index in [1.807, 2.05) is 31.2 Å². The molecule has 0 saturated heterocycles. The first kappa shape index (κ1) is 13.4. The van der Waals surface area contributed by atoms with Crippen LogP contribution < -0.4 is 10.1 Å². The Bertz CT molecular complexity index is 581. The molecule has 19 heavy (non-hydrogen) atoms. The largest absolute Gasteiger partial charge is 0.496 e. The Balaban J connectivity index is 2.05. The van der Waals surface area contributed by atoms with Gasteiger partial charge in [-0.2, -0.15) is 0 Å². The van der Waals surface area contributed by atoms with Crippen LogP contribution in [0.2, 0.25) is 0 Å². The second kappa shape index (κ2) is 5.74. The van der Waals surface area contributed by atoms with Crippen LogP contribution in [0.25, 0.3) is 0 Å². The first-order valence-corrected chi connectivity index (χ1v) is 6.23. The standard InChI is InChI=1S/C16H18FNO/c1-11-8-13(4-6-15(11)17)10-18-14-5-7-16(19-3)12(2)9-14/h4-9,18H,10H2,1-3H3. The maximum Gasteiger partial charge on any atom is 0.126 e. The molecule has 0 aliphatic carbocycles. The lowest BCUT2D eigenvalue weighted by Gasteiger charge is -2.10. The molecule has 0 aliphatic rings. The van der Waals surface area contributed by atoms with Crippen molar-refractivity contribution in [3.05, 3.63) is 58.9 Å². The van der Waals surface area contributed by atoms with Crippen LogP contribution in [0.4, 0.5) is 10.1 Å². The van der Waals surface area contributed by atoms with Crippen molar-refractivity contribution in [3.63, 3.8) is 0 Å². The molecule has 0 radical (unpaired) electrons. The number of methoxy groups -OCH3 is 1. The van der Waals surface area contributed by atoms with E-state index >= 15 is 0 Å². The summed E-state index contributed by atoms with van der Waals surface area (Å²) in [6, 6.07) is 11.1. The lowest BCUT2D eigenvalue weighted by molar-refractivity contribution is 0.412. The highest BCUT2D eigenvalue weighted by molar-refractivity contribution is 5.51. The molecule has 0 heterocycles. The minimum absolute atomic E-state index is 0.163. The van der Waals surface area contributed by atoms with Gasteiger partial charge in [0.2, 0.25) is 0 Å². The molecular formula is C16H18FNO. The average molecular weight is 259 g/mol. The maximum absolute atomic E-state index is 13.2. The van der Waals surface area contributed by atoms with Crippen LogP contribution >= 0.6 is 0 Å². The Morgan fingerprint density at radius 3 is 2.47 bits per heavy atom. The average Bonchev–Trinajstić information content (AvgIpc) is 2.40. The van der Waals surface area contributed by atoms with Crippen molar-refractivity contribution in [2.75, 3.05) is 12.4 Å². The van der Waals surface area contributed by atoms with Gasteiger partial charge in [-0.25, -0.2) is 4.39 Å².